The van der Waals surface area contributed by atoms with Crippen LogP contribution < -0.4 is 0 Å². The van der Waals surface area contributed by atoms with Gasteiger partial charge in [-0.05, 0) is 86.9 Å². The van der Waals surface area contributed by atoms with E-state index < -0.39 is 5.79 Å². The average molecular weight is 391 g/mol. The summed E-state index contributed by atoms with van der Waals surface area (Å²) in [5.74, 6) is 2.58. The molecule has 3 nitrogen and oxygen atoms in total. The first-order chi connectivity index (χ1) is 13.4. The molecule has 0 aromatic rings. The third kappa shape index (κ3) is 3.39. The second kappa shape index (κ2) is 7.69. The maximum absolute atomic E-state index is 13.0. The standard InChI is InChI=1S/C25H42O3/c1-4-11-24-13-9-20-18(16-19(24)6-7-22(24)26)8-12-23(3)17-25(27,28-15-5-2)14-10-21(20)23/h18-21,27H,4-17H2,1-3H3. The largest absolute Gasteiger partial charge is 0.365 e. The van der Waals surface area contributed by atoms with E-state index in [-0.39, 0.29) is 10.8 Å². The molecule has 4 rings (SSSR count). The summed E-state index contributed by atoms with van der Waals surface area (Å²) >= 11 is 0. The monoisotopic (exact) mass is 390 g/mol. The van der Waals surface area contributed by atoms with Gasteiger partial charge in [0.1, 0.15) is 5.78 Å². The predicted octanol–water partition coefficient (Wildman–Crippen LogP) is 5.88. The van der Waals surface area contributed by atoms with Gasteiger partial charge in [-0.1, -0.05) is 27.2 Å². The number of ketones is 1. The molecule has 7 atom stereocenters. The van der Waals surface area contributed by atoms with E-state index in [4.69, 9.17) is 4.74 Å². The molecule has 0 aromatic heterocycles. The van der Waals surface area contributed by atoms with Crippen molar-refractivity contribution >= 4 is 5.78 Å². The molecule has 3 heteroatoms. The van der Waals surface area contributed by atoms with Gasteiger partial charge in [0, 0.05) is 31.3 Å². The quantitative estimate of drug-likeness (QED) is 0.596. The molecule has 4 aliphatic carbocycles. The molecule has 0 aromatic carbocycles. The number of hydrogen-bond acceptors (Lipinski definition) is 3. The normalized spacial score (nSPS) is 48.5. The van der Waals surface area contributed by atoms with Crippen molar-refractivity contribution in [1.82, 2.24) is 0 Å². The molecule has 4 fully saturated rings. The molecule has 0 bridgehead atoms. The molecule has 0 saturated heterocycles. The van der Waals surface area contributed by atoms with Crippen LogP contribution in [-0.4, -0.2) is 23.3 Å². The number of aliphatic hydroxyl groups is 1. The van der Waals surface area contributed by atoms with Gasteiger partial charge in [0.05, 0.1) is 0 Å². The highest BCUT2D eigenvalue weighted by Gasteiger charge is 2.57. The fraction of sp³-hybridized carbons (Fsp3) is 0.960. The van der Waals surface area contributed by atoms with Crippen molar-refractivity contribution in [2.24, 2.45) is 34.5 Å². The van der Waals surface area contributed by atoms with Gasteiger partial charge in [0.2, 0.25) is 0 Å². The maximum Gasteiger partial charge on any atom is 0.165 e. The molecule has 7 unspecified atom stereocenters. The minimum atomic E-state index is -0.908. The first-order valence-electron chi connectivity index (χ1n) is 12.3. The topological polar surface area (TPSA) is 46.5 Å². The van der Waals surface area contributed by atoms with Gasteiger partial charge in [-0.2, -0.15) is 0 Å². The van der Waals surface area contributed by atoms with Crippen molar-refractivity contribution in [3.05, 3.63) is 0 Å². The number of carbonyl (C=O) groups excluding carboxylic acids is 1. The Labute approximate surface area is 172 Å². The number of ether oxygens (including phenoxy) is 1. The number of rotatable bonds is 5. The molecule has 0 aliphatic heterocycles. The van der Waals surface area contributed by atoms with Gasteiger partial charge >= 0.3 is 0 Å². The Morgan fingerprint density at radius 3 is 2.64 bits per heavy atom. The minimum Gasteiger partial charge on any atom is -0.365 e. The third-order valence-corrected chi connectivity index (χ3v) is 9.47. The van der Waals surface area contributed by atoms with E-state index in [2.05, 4.69) is 20.8 Å². The zero-order chi connectivity index (χ0) is 20.0. The Morgan fingerprint density at radius 1 is 1.07 bits per heavy atom. The van der Waals surface area contributed by atoms with E-state index in [0.717, 1.165) is 69.6 Å². The smallest absolute Gasteiger partial charge is 0.165 e. The van der Waals surface area contributed by atoms with Crippen LogP contribution in [0.25, 0.3) is 0 Å². The van der Waals surface area contributed by atoms with E-state index in [9.17, 15) is 9.90 Å². The van der Waals surface area contributed by atoms with Crippen molar-refractivity contribution in [2.75, 3.05) is 6.61 Å². The Bertz CT molecular complexity index is 588. The average Bonchev–Trinajstić information content (AvgIpc) is 2.85. The summed E-state index contributed by atoms with van der Waals surface area (Å²) in [4.78, 5) is 13.0. The fourth-order valence-electron chi connectivity index (χ4n) is 8.24. The lowest BCUT2D eigenvalue weighted by molar-refractivity contribution is -0.258. The first-order valence-corrected chi connectivity index (χ1v) is 12.3. The third-order valence-electron chi connectivity index (χ3n) is 9.47. The fourth-order valence-corrected chi connectivity index (χ4v) is 8.24. The highest BCUT2D eigenvalue weighted by atomic mass is 16.6. The predicted molar refractivity (Wildman–Crippen MR) is 112 cm³/mol. The summed E-state index contributed by atoms with van der Waals surface area (Å²) in [6, 6.07) is 0. The Hall–Kier alpha value is -0.410. The Morgan fingerprint density at radius 2 is 1.89 bits per heavy atom. The van der Waals surface area contributed by atoms with Crippen LogP contribution in [0.5, 0.6) is 0 Å². The number of fused-ring (bicyclic) bond motifs is 4. The highest BCUT2D eigenvalue weighted by Crippen LogP contribution is 2.63. The van der Waals surface area contributed by atoms with Crippen LogP contribution in [0.15, 0.2) is 0 Å². The van der Waals surface area contributed by atoms with Gasteiger partial charge in [-0.3, -0.25) is 4.79 Å². The van der Waals surface area contributed by atoms with Crippen LogP contribution in [0, 0.1) is 34.5 Å². The van der Waals surface area contributed by atoms with Crippen LogP contribution in [0.2, 0.25) is 0 Å². The van der Waals surface area contributed by atoms with E-state index >= 15 is 0 Å². The highest BCUT2D eigenvalue weighted by molar-refractivity contribution is 5.87. The summed E-state index contributed by atoms with van der Waals surface area (Å²) in [5, 5.41) is 11.1. The SMILES string of the molecule is CCCOC1(O)CCC2C3CCC4(CCC)C(=O)CCC4CC3CCC2(C)C1. The van der Waals surface area contributed by atoms with Gasteiger partial charge in [-0.25, -0.2) is 0 Å². The number of Topliss-reactive ketones (excluding diaryl/α,β-unsaturated/α-hetero) is 1. The van der Waals surface area contributed by atoms with Gasteiger partial charge in [-0.15, -0.1) is 0 Å². The Balaban J connectivity index is 1.53. The van der Waals surface area contributed by atoms with Crippen molar-refractivity contribution in [1.29, 1.82) is 0 Å². The zero-order valence-electron chi connectivity index (χ0n) is 18.5. The molecule has 4 aliphatic rings. The molecule has 160 valence electrons. The first kappa shape index (κ1) is 20.8. The van der Waals surface area contributed by atoms with Crippen LogP contribution >= 0.6 is 0 Å². The molecular weight excluding hydrogens is 348 g/mol. The molecule has 28 heavy (non-hydrogen) atoms. The van der Waals surface area contributed by atoms with E-state index in [0.29, 0.717) is 24.2 Å². The molecule has 0 radical (unpaired) electrons. The summed E-state index contributed by atoms with van der Waals surface area (Å²) in [5.41, 5.74) is 0.214. The van der Waals surface area contributed by atoms with Crippen molar-refractivity contribution in [3.8, 4) is 0 Å². The van der Waals surface area contributed by atoms with Gasteiger partial charge < -0.3 is 9.84 Å². The molecule has 0 spiro atoms. The van der Waals surface area contributed by atoms with Gasteiger partial charge in [0.15, 0.2) is 5.79 Å². The van der Waals surface area contributed by atoms with E-state index in [1.165, 1.54) is 25.7 Å². The van der Waals surface area contributed by atoms with Crippen LogP contribution in [0.4, 0.5) is 0 Å². The lowest BCUT2D eigenvalue weighted by Crippen LogP contribution is -2.52. The second-order valence-corrected chi connectivity index (χ2v) is 11.1. The minimum absolute atomic E-state index is 0.0160. The number of carbonyl (C=O) groups is 1. The second-order valence-electron chi connectivity index (χ2n) is 11.1. The molecule has 1 N–H and O–H groups in total. The van der Waals surface area contributed by atoms with Crippen molar-refractivity contribution < 1.29 is 14.6 Å². The molecular formula is C25H42O3. The molecule has 0 amide bonds. The van der Waals surface area contributed by atoms with Crippen molar-refractivity contribution in [2.45, 2.75) is 110 Å². The van der Waals surface area contributed by atoms with E-state index in [1.807, 2.05) is 0 Å². The molecule has 0 heterocycles. The lowest BCUT2D eigenvalue weighted by Gasteiger charge is -2.56. The van der Waals surface area contributed by atoms with Crippen LogP contribution in [-0.2, 0) is 9.53 Å². The van der Waals surface area contributed by atoms with Gasteiger partial charge in [0.25, 0.3) is 0 Å². The zero-order valence-corrected chi connectivity index (χ0v) is 18.5. The Kier molecular flexibility index (Phi) is 5.72. The van der Waals surface area contributed by atoms with Crippen LogP contribution in [0.3, 0.4) is 0 Å². The maximum atomic E-state index is 13.0. The summed E-state index contributed by atoms with van der Waals surface area (Å²) in [6.07, 6.45) is 14.1. The van der Waals surface area contributed by atoms with Crippen molar-refractivity contribution in [3.63, 3.8) is 0 Å². The summed E-state index contributed by atoms with van der Waals surface area (Å²) in [7, 11) is 0. The summed E-state index contributed by atoms with van der Waals surface area (Å²) in [6.45, 7) is 7.45. The number of hydrogen-bond donors (Lipinski definition) is 1. The molecule has 4 saturated carbocycles. The lowest BCUT2D eigenvalue weighted by atomic mass is 9.52. The van der Waals surface area contributed by atoms with E-state index in [1.54, 1.807) is 0 Å². The van der Waals surface area contributed by atoms with Crippen LogP contribution in [0.1, 0.15) is 104 Å². The summed E-state index contributed by atoms with van der Waals surface area (Å²) < 4.78 is 5.93.